The summed E-state index contributed by atoms with van der Waals surface area (Å²) in [4.78, 5) is 27.8. The van der Waals surface area contributed by atoms with E-state index in [1.54, 1.807) is 19.1 Å². The van der Waals surface area contributed by atoms with Crippen LogP contribution in [-0.4, -0.2) is 61.4 Å². The Kier molecular flexibility index (Phi) is 7.30. The van der Waals surface area contributed by atoms with Gasteiger partial charge in [-0.3, -0.25) is 9.59 Å². The van der Waals surface area contributed by atoms with E-state index in [2.05, 4.69) is 5.10 Å². The number of hydrogen-bond acceptors (Lipinski definition) is 5. The van der Waals surface area contributed by atoms with Crippen LogP contribution in [0.25, 0.3) is 0 Å². The first-order chi connectivity index (χ1) is 16.0. The van der Waals surface area contributed by atoms with Gasteiger partial charge in [0.2, 0.25) is 5.91 Å². The van der Waals surface area contributed by atoms with Crippen LogP contribution in [0.5, 0.6) is 5.75 Å². The average molecular weight is 470 g/mol. The number of carbonyl (C=O) groups is 2. The molecule has 1 aliphatic heterocycles. The van der Waals surface area contributed by atoms with Gasteiger partial charge in [0, 0.05) is 36.6 Å². The number of ether oxygens (including phenoxy) is 2. The molecule has 1 atom stereocenters. The van der Waals surface area contributed by atoms with Crippen LogP contribution in [0.2, 0.25) is 5.02 Å². The number of carbonyl (C=O) groups excluding carboxylic acids is 2. The lowest BCUT2D eigenvalue weighted by Crippen LogP contribution is -2.43. The molecule has 2 aliphatic rings. The lowest BCUT2D eigenvalue weighted by molar-refractivity contribution is -0.142. The highest BCUT2D eigenvalue weighted by Crippen LogP contribution is 2.36. The van der Waals surface area contributed by atoms with Crippen molar-refractivity contribution in [2.75, 3.05) is 33.9 Å². The van der Waals surface area contributed by atoms with Crippen LogP contribution in [-0.2, 0) is 14.3 Å². The summed E-state index contributed by atoms with van der Waals surface area (Å²) in [5, 5.41) is 6.78. The van der Waals surface area contributed by atoms with Gasteiger partial charge < -0.3 is 14.4 Å². The lowest BCUT2D eigenvalue weighted by Gasteiger charge is -2.27. The Morgan fingerprint density at radius 2 is 1.85 bits per heavy atom. The van der Waals surface area contributed by atoms with Crippen LogP contribution in [0, 0.1) is 5.92 Å². The van der Waals surface area contributed by atoms with Gasteiger partial charge in [-0.15, -0.1) is 0 Å². The molecule has 1 heterocycles. The quantitative estimate of drug-likeness (QED) is 0.558. The molecule has 0 saturated heterocycles. The second-order valence-electron chi connectivity index (χ2n) is 8.28. The number of hydrogen-bond donors (Lipinski definition) is 0. The minimum Gasteiger partial charge on any atom is -0.497 e. The van der Waals surface area contributed by atoms with Gasteiger partial charge in [0.25, 0.3) is 5.91 Å². The zero-order valence-corrected chi connectivity index (χ0v) is 19.6. The second-order valence-corrected chi connectivity index (χ2v) is 8.69. The molecule has 8 heteroatoms. The monoisotopic (exact) mass is 469 g/mol. The fourth-order valence-corrected chi connectivity index (χ4v) is 4.22. The molecule has 0 radical (unpaired) electrons. The topological polar surface area (TPSA) is 71.4 Å². The van der Waals surface area contributed by atoms with Crippen LogP contribution in [0.15, 0.2) is 53.6 Å². The number of amides is 2. The molecule has 0 bridgehead atoms. The third kappa shape index (κ3) is 5.37. The molecule has 2 aromatic rings. The van der Waals surface area contributed by atoms with E-state index in [0.717, 1.165) is 35.4 Å². The van der Waals surface area contributed by atoms with Gasteiger partial charge in [0.05, 0.1) is 25.5 Å². The van der Waals surface area contributed by atoms with Crippen LogP contribution in [0.3, 0.4) is 0 Å². The molecule has 174 valence electrons. The standard InChI is InChI=1S/C25H28ClN3O4/c1-32-14-13-28(25(31)18-7-8-18)16-24(30)29-23(17-9-11-19(33-2)12-10-17)15-22(27-29)20-5-3-4-6-21(20)26/h3-6,9-12,18,23H,7-8,13-16H2,1-2H3/t23-/m0/s1. The number of halogens is 1. The van der Waals surface area contributed by atoms with E-state index >= 15 is 0 Å². The van der Waals surface area contributed by atoms with E-state index in [9.17, 15) is 9.59 Å². The molecular weight excluding hydrogens is 442 g/mol. The first-order valence-corrected chi connectivity index (χ1v) is 11.5. The number of nitrogens with zero attached hydrogens (tertiary/aromatic N) is 3. The van der Waals surface area contributed by atoms with Crippen molar-refractivity contribution >= 4 is 29.1 Å². The van der Waals surface area contributed by atoms with Crippen molar-refractivity contribution in [1.82, 2.24) is 9.91 Å². The predicted molar refractivity (Wildman–Crippen MR) is 126 cm³/mol. The minimum absolute atomic E-state index is 0.0101. The molecule has 33 heavy (non-hydrogen) atoms. The van der Waals surface area contributed by atoms with Gasteiger partial charge in [0.15, 0.2) is 0 Å². The van der Waals surface area contributed by atoms with Gasteiger partial charge >= 0.3 is 0 Å². The molecule has 1 fully saturated rings. The molecule has 1 saturated carbocycles. The van der Waals surface area contributed by atoms with Crippen LogP contribution in [0.1, 0.15) is 36.4 Å². The molecular formula is C25H28ClN3O4. The highest BCUT2D eigenvalue weighted by molar-refractivity contribution is 6.34. The molecule has 0 unspecified atom stereocenters. The molecule has 0 N–H and O–H groups in total. The molecule has 1 aliphatic carbocycles. The Morgan fingerprint density at radius 3 is 2.48 bits per heavy atom. The summed E-state index contributed by atoms with van der Waals surface area (Å²) >= 11 is 6.42. The zero-order chi connectivity index (χ0) is 23.4. The SMILES string of the molecule is COCCN(CC(=O)N1N=C(c2ccccc2Cl)C[C@H]1c1ccc(OC)cc1)C(=O)C1CC1. The number of rotatable bonds is 9. The Bertz CT molecular complexity index is 1040. The van der Waals surface area contributed by atoms with Gasteiger partial charge in [0.1, 0.15) is 12.3 Å². The highest BCUT2D eigenvalue weighted by atomic mass is 35.5. The summed E-state index contributed by atoms with van der Waals surface area (Å²) in [5.41, 5.74) is 2.48. The number of methoxy groups -OCH3 is 2. The Hall–Kier alpha value is -2.90. The molecule has 2 amide bonds. The largest absolute Gasteiger partial charge is 0.497 e. The average Bonchev–Trinajstić information content (AvgIpc) is 3.60. The molecule has 4 rings (SSSR count). The highest BCUT2D eigenvalue weighted by Gasteiger charge is 2.37. The van der Waals surface area contributed by atoms with Crippen molar-refractivity contribution in [2.45, 2.75) is 25.3 Å². The maximum absolute atomic E-state index is 13.5. The van der Waals surface area contributed by atoms with Crippen LogP contribution < -0.4 is 4.74 Å². The maximum atomic E-state index is 13.5. The van der Waals surface area contributed by atoms with Crippen LogP contribution >= 0.6 is 11.6 Å². The third-order valence-corrected chi connectivity index (χ3v) is 6.31. The zero-order valence-electron chi connectivity index (χ0n) is 18.9. The van der Waals surface area contributed by atoms with Crippen molar-refractivity contribution in [2.24, 2.45) is 11.0 Å². The summed E-state index contributed by atoms with van der Waals surface area (Å²) in [7, 11) is 3.20. The summed E-state index contributed by atoms with van der Waals surface area (Å²) in [6.07, 6.45) is 2.28. The smallest absolute Gasteiger partial charge is 0.262 e. The van der Waals surface area contributed by atoms with E-state index in [1.807, 2.05) is 48.5 Å². The first kappa shape index (κ1) is 23.3. The third-order valence-electron chi connectivity index (χ3n) is 5.98. The Labute approximate surface area is 198 Å². The fourth-order valence-electron chi connectivity index (χ4n) is 3.98. The molecule has 2 aromatic carbocycles. The van der Waals surface area contributed by atoms with E-state index in [1.165, 1.54) is 5.01 Å². The normalized spacial score (nSPS) is 17.6. The number of benzene rings is 2. The van der Waals surface area contributed by atoms with Crippen molar-refractivity contribution in [3.05, 3.63) is 64.7 Å². The van der Waals surface area contributed by atoms with E-state index in [-0.39, 0.29) is 30.3 Å². The van der Waals surface area contributed by atoms with Crippen molar-refractivity contribution in [3.8, 4) is 5.75 Å². The van der Waals surface area contributed by atoms with Crippen molar-refractivity contribution in [3.63, 3.8) is 0 Å². The Morgan fingerprint density at radius 1 is 1.12 bits per heavy atom. The summed E-state index contributed by atoms with van der Waals surface area (Å²) in [6.45, 7) is 0.714. The number of hydrazone groups is 1. The second kappa shape index (κ2) is 10.4. The predicted octanol–water partition coefficient (Wildman–Crippen LogP) is 3.91. The fraction of sp³-hybridized carbons (Fsp3) is 0.400. The van der Waals surface area contributed by atoms with Crippen molar-refractivity contribution in [1.29, 1.82) is 0 Å². The van der Waals surface area contributed by atoms with Gasteiger partial charge in [-0.2, -0.15) is 5.10 Å². The maximum Gasteiger partial charge on any atom is 0.262 e. The van der Waals surface area contributed by atoms with E-state index in [4.69, 9.17) is 21.1 Å². The first-order valence-electron chi connectivity index (χ1n) is 11.1. The van der Waals surface area contributed by atoms with Crippen LogP contribution in [0.4, 0.5) is 0 Å². The van der Waals surface area contributed by atoms with Gasteiger partial charge in [-0.05, 0) is 36.6 Å². The van der Waals surface area contributed by atoms with E-state index < -0.39 is 0 Å². The minimum atomic E-state index is -0.296. The van der Waals surface area contributed by atoms with Crippen molar-refractivity contribution < 1.29 is 19.1 Å². The summed E-state index contributed by atoms with van der Waals surface area (Å²) in [5.74, 6) is 0.536. The molecule has 0 spiro atoms. The van der Waals surface area contributed by atoms with Gasteiger partial charge in [-0.1, -0.05) is 41.9 Å². The summed E-state index contributed by atoms with van der Waals surface area (Å²) in [6, 6.07) is 14.8. The Balaban J connectivity index is 1.61. The van der Waals surface area contributed by atoms with E-state index in [0.29, 0.717) is 24.6 Å². The van der Waals surface area contributed by atoms with Gasteiger partial charge in [-0.25, -0.2) is 5.01 Å². The lowest BCUT2D eigenvalue weighted by atomic mass is 9.98. The molecule has 7 nitrogen and oxygen atoms in total. The molecule has 0 aromatic heterocycles. The summed E-state index contributed by atoms with van der Waals surface area (Å²) < 4.78 is 10.4.